The molecule has 0 spiro atoms. The lowest BCUT2D eigenvalue weighted by Gasteiger charge is -2.34. The molecule has 3 atom stereocenters. The molecule has 2 aliphatic carbocycles. The lowest BCUT2D eigenvalue weighted by atomic mass is 9.95. The average Bonchev–Trinajstić information content (AvgIpc) is 3.24. The predicted octanol–water partition coefficient (Wildman–Crippen LogP) is 4.37. The Balaban J connectivity index is 1.70. The number of sulfonamides is 1. The topological polar surface area (TPSA) is 37.4 Å². The maximum atomic E-state index is 13.4. The van der Waals surface area contributed by atoms with Crippen molar-refractivity contribution in [2.24, 2.45) is 11.8 Å². The Hall–Kier alpha value is -1.65. The molecule has 132 valence electrons. The van der Waals surface area contributed by atoms with Crippen molar-refractivity contribution in [1.82, 2.24) is 4.31 Å². The van der Waals surface area contributed by atoms with Crippen molar-refractivity contribution in [2.45, 2.75) is 50.1 Å². The Morgan fingerprint density at radius 3 is 2.28 bits per heavy atom. The van der Waals surface area contributed by atoms with E-state index >= 15 is 0 Å². The number of hydrogen-bond acceptors (Lipinski definition) is 2. The fourth-order valence-electron chi connectivity index (χ4n) is 4.55. The molecule has 3 nitrogen and oxygen atoms in total. The summed E-state index contributed by atoms with van der Waals surface area (Å²) in [6.45, 7) is 2.44. The predicted molar refractivity (Wildman–Crippen MR) is 99.6 cm³/mol. The zero-order valence-corrected chi connectivity index (χ0v) is 15.5. The van der Waals surface area contributed by atoms with E-state index in [0.717, 1.165) is 17.5 Å². The molecular weight excluding hydrogens is 330 g/mol. The lowest BCUT2D eigenvalue weighted by molar-refractivity contribution is 0.230. The van der Waals surface area contributed by atoms with Crippen molar-refractivity contribution in [3.63, 3.8) is 0 Å². The summed E-state index contributed by atoms with van der Waals surface area (Å²) in [5, 5.41) is 0. The van der Waals surface area contributed by atoms with Crippen molar-refractivity contribution < 1.29 is 8.42 Å². The van der Waals surface area contributed by atoms with Crippen LogP contribution in [-0.4, -0.2) is 18.8 Å². The van der Waals surface area contributed by atoms with Gasteiger partial charge >= 0.3 is 0 Å². The van der Waals surface area contributed by atoms with Gasteiger partial charge in [-0.15, -0.1) is 0 Å². The van der Waals surface area contributed by atoms with Gasteiger partial charge in [0, 0.05) is 12.6 Å². The van der Waals surface area contributed by atoms with Gasteiger partial charge in [-0.3, -0.25) is 0 Å². The maximum Gasteiger partial charge on any atom is 0.243 e. The largest absolute Gasteiger partial charge is 0.243 e. The molecule has 0 aliphatic heterocycles. The highest BCUT2D eigenvalue weighted by atomic mass is 32.2. The molecule has 0 N–H and O–H groups in total. The number of fused-ring (bicyclic) bond motifs is 2. The van der Waals surface area contributed by atoms with Crippen LogP contribution in [0.4, 0.5) is 0 Å². The summed E-state index contributed by atoms with van der Waals surface area (Å²) in [6.07, 6.45) is 4.65. The van der Waals surface area contributed by atoms with Crippen LogP contribution >= 0.6 is 0 Å². The highest BCUT2D eigenvalue weighted by Crippen LogP contribution is 2.48. The van der Waals surface area contributed by atoms with Crippen LogP contribution in [0.25, 0.3) is 0 Å². The van der Waals surface area contributed by atoms with Crippen LogP contribution in [0.1, 0.15) is 36.8 Å². The number of aryl methyl sites for hydroxylation is 1. The van der Waals surface area contributed by atoms with E-state index in [1.54, 1.807) is 16.4 Å². The standard InChI is InChI=1S/C21H25NO2S/c1-16-7-11-20(12-8-16)25(23,24)22(15-17-5-3-2-4-6-17)21-14-18-9-10-19(21)13-18/h2-8,11-12,18-19,21H,9-10,13-15H2,1H3/t18-,19+,21+/m1/s1. The fourth-order valence-corrected chi connectivity index (χ4v) is 6.24. The molecule has 0 unspecified atom stereocenters. The third-order valence-electron chi connectivity index (χ3n) is 5.88. The first-order valence-electron chi connectivity index (χ1n) is 9.16. The molecule has 2 bridgehead atoms. The van der Waals surface area contributed by atoms with E-state index in [2.05, 4.69) is 0 Å². The van der Waals surface area contributed by atoms with Gasteiger partial charge < -0.3 is 0 Å². The normalized spacial score (nSPS) is 25.6. The lowest BCUT2D eigenvalue weighted by Crippen LogP contribution is -2.42. The molecule has 0 aromatic heterocycles. The van der Waals surface area contributed by atoms with Crippen molar-refractivity contribution in [3.8, 4) is 0 Å². The Morgan fingerprint density at radius 1 is 0.960 bits per heavy atom. The Labute approximate surface area is 150 Å². The van der Waals surface area contributed by atoms with Gasteiger partial charge in [-0.2, -0.15) is 4.31 Å². The second kappa shape index (κ2) is 6.58. The van der Waals surface area contributed by atoms with E-state index in [0.29, 0.717) is 23.3 Å². The van der Waals surface area contributed by atoms with Crippen LogP contribution in [-0.2, 0) is 16.6 Å². The summed E-state index contributed by atoms with van der Waals surface area (Å²) in [5.41, 5.74) is 2.13. The van der Waals surface area contributed by atoms with Gasteiger partial charge in [0.2, 0.25) is 10.0 Å². The van der Waals surface area contributed by atoms with E-state index in [4.69, 9.17) is 0 Å². The molecule has 4 rings (SSSR count). The molecule has 2 saturated carbocycles. The minimum Gasteiger partial charge on any atom is -0.207 e. The second-order valence-corrected chi connectivity index (χ2v) is 9.48. The van der Waals surface area contributed by atoms with Gasteiger partial charge in [-0.1, -0.05) is 54.4 Å². The molecular formula is C21H25NO2S. The first-order chi connectivity index (χ1) is 12.0. The summed E-state index contributed by atoms with van der Waals surface area (Å²) < 4.78 is 28.7. The van der Waals surface area contributed by atoms with Crippen molar-refractivity contribution >= 4 is 10.0 Å². The SMILES string of the molecule is Cc1ccc(S(=O)(=O)N(Cc2ccccc2)[C@H]2C[C@@H]3CC[C@H]2C3)cc1. The second-order valence-electron chi connectivity index (χ2n) is 7.59. The Morgan fingerprint density at radius 2 is 1.68 bits per heavy atom. The summed E-state index contributed by atoms with van der Waals surface area (Å²) in [4.78, 5) is 0.414. The van der Waals surface area contributed by atoms with Crippen LogP contribution in [0.3, 0.4) is 0 Å². The van der Waals surface area contributed by atoms with E-state index in [1.165, 1.54) is 19.3 Å². The zero-order valence-electron chi connectivity index (χ0n) is 14.6. The van der Waals surface area contributed by atoms with Crippen LogP contribution in [0.2, 0.25) is 0 Å². The number of hydrogen-bond donors (Lipinski definition) is 0. The fraction of sp³-hybridized carbons (Fsp3) is 0.429. The molecule has 4 heteroatoms. The highest BCUT2D eigenvalue weighted by molar-refractivity contribution is 7.89. The van der Waals surface area contributed by atoms with Crippen LogP contribution in [0.15, 0.2) is 59.5 Å². The summed E-state index contributed by atoms with van der Waals surface area (Å²) in [7, 11) is -3.49. The van der Waals surface area contributed by atoms with Gasteiger partial charge in [0.05, 0.1) is 4.90 Å². The molecule has 0 radical (unpaired) electrons. The molecule has 2 aromatic rings. The van der Waals surface area contributed by atoms with Gasteiger partial charge in [0.15, 0.2) is 0 Å². The first kappa shape index (κ1) is 16.8. The summed E-state index contributed by atoms with van der Waals surface area (Å²) in [5.74, 6) is 1.23. The monoisotopic (exact) mass is 355 g/mol. The molecule has 0 amide bonds. The molecule has 2 aliphatic rings. The van der Waals surface area contributed by atoms with Crippen molar-refractivity contribution in [3.05, 3.63) is 65.7 Å². The smallest absolute Gasteiger partial charge is 0.207 e. The summed E-state index contributed by atoms with van der Waals surface area (Å²) in [6, 6.07) is 17.4. The Kier molecular flexibility index (Phi) is 4.42. The van der Waals surface area contributed by atoms with Crippen LogP contribution in [0.5, 0.6) is 0 Å². The third kappa shape index (κ3) is 3.25. The highest BCUT2D eigenvalue weighted by Gasteiger charge is 2.46. The minimum absolute atomic E-state index is 0.144. The van der Waals surface area contributed by atoms with E-state index in [9.17, 15) is 8.42 Å². The maximum absolute atomic E-state index is 13.4. The van der Waals surface area contributed by atoms with Crippen LogP contribution < -0.4 is 0 Å². The molecule has 25 heavy (non-hydrogen) atoms. The van der Waals surface area contributed by atoms with Crippen molar-refractivity contribution in [2.75, 3.05) is 0 Å². The average molecular weight is 356 g/mol. The van der Waals surface area contributed by atoms with Gasteiger partial charge in [-0.05, 0) is 55.7 Å². The number of nitrogens with zero attached hydrogens (tertiary/aromatic N) is 1. The Bertz CT molecular complexity index is 830. The van der Waals surface area contributed by atoms with Crippen molar-refractivity contribution in [1.29, 1.82) is 0 Å². The number of benzene rings is 2. The summed E-state index contributed by atoms with van der Waals surface area (Å²) >= 11 is 0. The molecule has 0 saturated heterocycles. The molecule has 2 aromatic carbocycles. The zero-order chi connectivity index (χ0) is 17.4. The van der Waals surface area contributed by atoms with Crippen LogP contribution in [0, 0.1) is 18.8 Å². The van der Waals surface area contributed by atoms with Gasteiger partial charge in [0.25, 0.3) is 0 Å². The van der Waals surface area contributed by atoms with E-state index < -0.39 is 10.0 Å². The molecule has 0 heterocycles. The van der Waals surface area contributed by atoms with Gasteiger partial charge in [0.1, 0.15) is 0 Å². The third-order valence-corrected chi connectivity index (χ3v) is 7.76. The van der Waals surface area contributed by atoms with Gasteiger partial charge in [-0.25, -0.2) is 8.42 Å². The quantitative estimate of drug-likeness (QED) is 0.798. The van der Waals surface area contributed by atoms with E-state index in [1.807, 2.05) is 49.4 Å². The van der Waals surface area contributed by atoms with E-state index in [-0.39, 0.29) is 6.04 Å². The number of rotatable bonds is 5. The minimum atomic E-state index is -3.49. The first-order valence-corrected chi connectivity index (χ1v) is 10.6. The molecule has 2 fully saturated rings.